The molecule has 340 valence electrons. The van der Waals surface area contributed by atoms with Gasteiger partial charge < -0.3 is 28.6 Å². The van der Waals surface area contributed by atoms with Crippen molar-refractivity contribution >= 4 is 41.9 Å². The fourth-order valence-corrected chi connectivity index (χ4v) is 16.5. The number of hydrogen-bond donors (Lipinski definition) is 0. The Morgan fingerprint density at radius 3 is 2.24 bits per heavy atom. The lowest BCUT2D eigenvalue weighted by Gasteiger charge is -2.41. The third kappa shape index (κ3) is 8.43. The molecule has 2 aromatic carbocycles. The van der Waals surface area contributed by atoms with E-state index < -0.39 is 19.5 Å². The first-order valence-corrected chi connectivity index (χ1v) is 25.2. The number of rotatable bonds is 12. The maximum Gasteiger partial charge on any atom is 0.410 e. The summed E-state index contributed by atoms with van der Waals surface area (Å²) in [5, 5.41) is 1.23. The molecule has 2 bridgehead atoms. The molecular formula is C48H66FN7O6Si. The van der Waals surface area contributed by atoms with Crippen LogP contribution < -0.4 is 19.1 Å². The summed E-state index contributed by atoms with van der Waals surface area (Å²) in [5.74, 6) is 4.46. The Hall–Kier alpha value is -4.65. The number of aryl methyl sites for hydroxylation is 1. The minimum atomic E-state index is -2.24. The zero-order valence-electron chi connectivity index (χ0n) is 39.1. The van der Waals surface area contributed by atoms with Gasteiger partial charge in [-0.3, -0.25) is 14.4 Å². The second-order valence-corrected chi connectivity index (χ2v) is 25.7. The molecule has 0 aliphatic carbocycles. The van der Waals surface area contributed by atoms with Crippen molar-refractivity contribution in [1.29, 1.82) is 0 Å². The van der Waals surface area contributed by atoms with Crippen LogP contribution in [-0.2, 0) is 16.5 Å². The molecule has 4 aromatic rings. The third-order valence-corrected chi connectivity index (χ3v) is 20.4. The number of piperazine rings is 1. The van der Waals surface area contributed by atoms with Crippen LogP contribution in [0.2, 0.25) is 16.6 Å². The van der Waals surface area contributed by atoms with Gasteiger partial charge in [-0.2, -0.15) is 15.0 Å². The van der Waals surface area contributed by atoms with Gasteiger partial charge in [-0.25, -0.2) is 9.18 Å². The minimum absolute atomic E-state index is 0.0104. The molecule has 1 amide bonds. The lowest BCUT2D eigenvalue weighted by atomic mass is 9.95. The zero-order chi connectivity index (χ0) is 45.0. The number of carbonyl (C=O) groups excluding carboxylic acids is 1. The Morgan fingerprint density at radius 2 is 1.62 bits per heavy atom. The number of fused-ring (bicyclic) bond motifs is 5. The highest BCUT2D eigenvalue weighted by atomic mass is 28.3. The van der Waals surface area contributed by atoms with E-state index in [0.29, 0.717) is 75.6 Å². The quantitative estimate of drug-likeness (QED) is 0.0770. The van der Waals surface area contributed by atoms with E-state index in [1.807, 2.05) is 43.4 Å². The fourth-order valence-electron chi connectivity index (χ4n) is 11.3. The molecule has 13 nitrogen and oxygen atoms in total. The van der Waals surface area contributed by atoms with Crippen molar-refractivity contribution in [3.05, 3.63) is 35.6 Å². The van der Waals surface area contributed by atoms with Crippen molar-refractivity contribution in [2.24, 2.45) is 7.05 Å². The monoisotopic (exact) mass is 883 g/mol. The van der Waals surface area contributed by atoms with Crippen molar-refractivity contribution < 1.29 is 32.9 Å². The molecule has 8 rings (SSSR count). The molecule has 0 saturated carbocycles. The van der Waals surface area contributed by atoms with Crippen LogP contribution in [0.25, 0.3) is 21.9 Å². The van der Waals surface area contributed by atoms with Crippen LogP contribution in [0.5, 0.6) is 23.5 Å². The van der Waals surface area contributed by atoms with E-state index >= 15 is 4.39 Å². The number of methoxy groups -OCH3 is 1. The summed E-state index contributed by atoms with van der Waals surface area (Å²) < 4.78 is 48.6. The predicted molar refractivity (Wildman–Crippen MR) is 246 cm³/mol. The topological polar surface area (TPSA) is 117 Å². The second kappa shape index (κ2) is 17.4. The number of aromatic nitrogens is 4. The van der Waals surface area contributed by atoms with Gasteiger partial charge in [-0.1, -0.05) is 53.5 Å². The smallest absolute Gasteiger partial charge is 0.410 e. The van der Waals surface area contributed by atoms with Gasteiger partial charge in [0.1, 0.15) is 43.1 Å². The molecule has 0 N–H and O–H groups in total. The Labute approximate surface area is 373 Å². The van der Waals surface area contributed by atoms with Crippen LogP contribution in [0, 0.1) is 17.3 Å². The Kier molecular flexibility index (Phi) is 12.4. The Bertz CT molecular complexity index is 2380. The molecule has 2 aromatic heterocycles. The molecule has 0 radical (unpaired) electrons. The molecule has 6 heterocycles. The standard InChI is InChI=1S/C48H66FN7O6Si/c1-30(2)63(31(3)4,32(5)6)23-18-37-38(49)17-14-33-24-36(60-29-58-11)25-39(40(33)37)61-45-51-42-41(53(45)10)43(52-44(50-42)59-28-48-19-12-21-55(48)22-13-20-48)54-26-34-15-16-35(27-54)56(34)46(57)62-47(7,8)9/h14,17,24-25,30-32,34-35H,12-13,15-16,19-22,26-29H2,1-11H3. The van der Waals surface area contributed by atoms with Gasteiger partial charge in [0.2, 0.25) is 0 Å². The van der Waals surface area contributed by atoms with E-state index in [4.69, 9.17) is 38.6 Å². The van der Waals surface area contributed by atoms with Crippen molar-refractivity contribution in [2.75, 3.05) is 51.6 Å². The lowest BCUT2D eigenvalue weighted by Crippen LogP contribution is -2.57. The average Bonchev–Trinajstić information content (AvgIpc) is 3.96. The maximum atomic E-state index is 16.3. The Balaban J connectivity index is 1.23. The first-order chi connectivity index (χ1) is 29.9. The minimum Gasteiger partial charge on any atom is -0.467 e. The molecule has 2 unspecified atom stereocenters. The molecule has 4 fully saturated rings. The summed E-state index contributed by atoms with van der Waals surface area (Å²) in [7, 11) is 1.20. The largest absolute Gasteiger partial charge is 0.467 e. The van der Waals surface area contributed by atoms with Gasteiger partial charge in [0.15, 0.2) is 18.3 Å². The third-order valence-electron chi connectivity index (χ3n) is 14.1. The highest BCUT2D eigenvalue weighted by molar-refractivity contribution is 6.90. The SMILES string of the molecule is COCOc1cc(Oc2nc3nc(OCC45CCCN4CCC5)nc(N4CC5CCC(C4)N5C(=O)OC(C)(C)C)c3n2C)c2c(C#C[Si](C(C)C)(C(C)C)C(C)C)c(F)ccc2c1. The van der Waals surface area contributed by atoms with E-state index in [9.17, 15) is 4.79 Å². The molecule has 0 spiro atoms. The average molecular weight is 884 g/mol. The van der Waals surface area contributed by atoms with Crippen LogP contribution >= 0.6 is 0 Å². The molecule has 4 saturated heterocycles. The lowest BCUT2D eigenvalue weighted by molar-refractivity contribution is 0.0122. The van der Waals surface area contributed by atoms with Crippen molar-refractivity contribution in [1.82, 2.24) is 29.3 Å². The van der Waals surface area contributed by atoms with E-state index in [0.717, 1.165) is 51.6 Å². The molecule has 4 aliphatic rings. The maximum absolute atomic E-state index is 16.3. The second-order valence-electron chi connectivity index (χ2n) is 20.1. The summed E-state index contributed by atoms with van der Waals surface area (Å²) >= 11 is 0. The van der Waals surface area contributed by atoms with Gasteiger partial charge in [0.05, 0.1) is 23.2 Å². The van der Waals surface area contributed by atoms with Gasteiger partial charge in [-0.15, -0.1) is 5.54 Å². The van der Waals surface area contributed by atoms with Crippen molar-refractivity contribution in [3.63, 3.8) is 0 Å². The van der Waals surface area contributed by atoms with Gasteiger partial charge >= 0.3 is 18.1 Å². The summed E-state index contributed by atoms with van der Waals surface area (Å²) in [5.41, 5.74) is 5.56. The molecule has 2 atom stereocenters. The number of amides is 1. The van der Waals surface area contributed by atoms with Gasteiger partial charge in [0.25, 0.3) is 0 Å². The van der Waals surface area contributed by atoms with Crippen LogP contribution in [0.3, 0.4) is 0 Å². The molecule has 15 heteroatoms. The van der Waals surface area contributed by atoms with Crippen LogP contribution in [0.4, 0.5) is 15.0 Å². The van der Waals surface area contributed by atoms with Crippen LogP contribution in [0.15, 0.2) is 24.3 Å². The first-order valence-electron chi connectivity index (χ1n) is 22.9. The van der Waals surface area contributed by atoms with Crippen molar-refractivity contribution in [2.45, 2.75) is 141 Å². The number of nitrogens with zero attached hydrogens (tertiary/aromatic N) is 7. The summed E-state index contributed by atoms with van der Waals surface area (Å²) in [4.78, 5) is 35.3. The van der Waals surface area contributed by atoms with Crippen LogP contribution in [0.1, 0.15) is 106 Å². The van der Waals surface area contributed by atoms with E-state index in [-0.39, 0.29) is 48.1 Å². The fraction of sp³-hybridized carbons (Fsp3) is 0.625. The number of carbonyl (C=O) groups is 1. The number of anilines is 1. The zero-order valence-corrected chi connectivity index (χ0v) is 40.1. The summed E-state index contributed by atoms with van der Waals surface area (Å²) in [6.45, 7) is 23.0. The summed E-state index contributed by atoms with van der Waals surface area (Å²) in [6.07, 6.45) is 5.92. The number of halogens is 1. The van der Waals surface area contributed by atoms with Gasteiger partial charge in [-0.05, 0) is 107 Å². The normalized spacial score (nSPS) is 20.0. The van der Waals surface area contributed by atoms with Gasteiger partial charge in [0, 0.05) is 38.7 Å². The highest BCUT2D eigenvalue weighted by Crippen LogP contribution is 2.44. The molecule has 63 heavy (non-hydrogen) atoms. The van der Waals surface area contributed by atoms with Crippen molar-refractivity contribution in [3.8, 4) is 35.0 Å². The van der Waals surface area contributed by atoms with E-state index in [1.54, 1.807) is 19.2 Å². The number of hydrogen-bond acceptors (Lipinski definition) is 11. The number of imidazole rings is 1. The predicted octanol–water partition coefficient (Wildman–Crippen LogP) is 9.60. The van der Waals surface area contributed by atoms with E-state index in [2.05, 4.69) is 62.8 Å². The van der Waals surface area contributed by atoms with Crippen LogP contribution in [-0.4, -0.2) is 113 Å². The molecular weight excluding hydrogens is 818 g/mol. The van der Waals surface area contributed by atoms with E-state index in [1.165, 1.54) is 6.07 Å². The number of ether oxygens (including phenoxy) is 5. The first kappa shape index (κ1) is 44.9. The summed E-state index contributed by atoms with van der Waals surface area (Å²) in [6, 6.07) is 7.16. The highest BCUT2D eigenvalue weighted by Gasteiger charge is 2.47. The molecule has 4 aliphatic heterocycles. The Morgan fingerprint density at radius 1 is 0.952 bits per heavy atom. The number of benzene rings is 2.